The number of nitrogens with zero attached hydrogens (tertiary/aromatic N) is 2. The van der Waals surface area contributed by atoms with Gasteiger partial charge in [-0.2, -0.15) is 0 Å². The van der Waals surface area contributed by atoms with Crippen LogP contribution in [0.1, 0.15) is 22.3 Å². The van der Waals surface area contributed by atoms with E-state index in [9.17, 15) is 0 Å². The Labute approximate surface area is 490 Å². The van der Waals surface area contributed by atoms with Gasteiger partial charge in [0, 0.05) is 54.4 Å². The van der Waals surface area contributed by atoms with Crippen molar-refractivity contribution in [2.75, 3.05) is 9.80 Å². The van der Waals surface area contributed by atoms with Crippen molar-refractivity contribution in [1.29, 1.82) is 0 Å². The number of hydrogen-bond donors (Lipinski definition) is 0. The van der Waals surface area contributed by atoms with Gasteiger partial charge in [-0.15, -0.1) is 0 Å². The Morgan fingerprint density at radius 3 is 0.976 bits per heavy atom. The lowest BCUT2D eigenvalue weighted by Crippen LogP contribution is -2.32. The van der Waals surface area contributed by atoms with Gasteiger partial charge in [-0.1, -0.05) is 230 Å². The van der Waals surface area contributed by atoms with Crippen LogP contribution >= 0.6 is 11.8 Å². The molecule has 0 fully saturated rings. The molecule has 3 heterocycles. The molecule has 0 N–H and O–H groups in total. The van der Waals surface area contributed by atoms with Crippen LogP contribution in [0, 0.1) is 0 Å². The summed E-state index contributed by atoms with van der Waals surface area (Å²) in [5.41, 5.74) is 22.2. The summed E-state index contributed by atoms with van der Waals surface area (Å²) in [4.78, 5) is 7.30. The van der Waals surface area contributed by atoms with E-state index in [1.807, 2.05) is 11.8 Å². The monoisotopic (exact) mass is 1090 g/mol. The Bertz CT molecular complexity index is 4890. The molecule has 2 aromatic heterocycles. The van der Waals surface area contributed by atoms with E-state index in [-0.39, 0.29) is 0 Å². The minimum Gasteiger partial charge on any atom is -0.455 e. The molecular formula is C79H50N2O2S. The highest BCUT2D eigenvalue weighted by Gasteiger charge is 2.54. The Morgan fingerprint density at radius 1 is 0.274 bits per heavy atom. The minimum atomic E-state index is -0.882. The maximum atomic E-state index is 7.58. The molecule has 13 aromatic carbocycles. The molecule has 0 saturated heterocycles. The molecule has 0 bridgehead atoms. The third-order valence-corrected chi connectivity index (χ3v) is 18.5. The number of rotatable bonds is 9. The van der Waals surface area contributed by atoms with Crippen molar-refractivity contribution in [2.24, 2.45) is 0 Å². The predicted octanol–water partition coefficient (Wildman–Crippen LogP) is 22.3. The highest BCUT2D eigenvalue weighted by atomic mass is 32.2. The highest BCUT2D eigenvalue weighted by molar-refractivity contribution is 7.99. The molecule has 17 rings (SSSR count). The van der Waals surface area contributed by atoms with Crippen LogP contribution in [0.15, 0.2) is 322 Å². The molecule has 0 saturated carbocycles. The van der Waals surface area contributed by atoms with Crippen LogP contribution < -0.4 is 9.80 Å². The van der Waals surface area contributed by atoms with Crippen LogP contribution in [0.2, 0.25) is 0 Å². The zero-order valence-corrected chi connectivity index (χ0v) is 46.3. The minimum absolute atomic E-state index is 0.813. The van der Waals surface area contributed by atoms with Gasteiger partial charge >= 0.3 is 0 Å². The van der Waals surface area contributed by atoms with Gasteiger partial charge in [0.15, 0.2) is 0 Å². The van der Waals surface area contributed by atoms with Gasteiger partial charge < -0.3 is 18.6 Å². The van der Waals surface area contributed by atoms with E-state index in [1.165, 1.54) is 37.6 Å². The molecule has 5 heteroatoms. The first-order valence-electron chi connectivity index (χ1n) is 28.6. The van der Waals surface area contributed by atoms with Gasteiger partial charge in [-0.25, -0.2) is 0 Å². The van der Waals surface area contributed by atoms with E-state index in [1.54, 1.807) is 0 Å². The van der Waals surface area contributed by atoms with E-state index < -0.39 is 5.41 Å². The van der Waals surface area contributed by atoms with Crippen LogP contribution in [-0.4, -0.2) is 0 Å². The first-order chi connectivity index (χ1) is 41.7. The summed E-state index contributed by atoms with van der Waals surface area (Å²) >= 11 is 1.85. The van der Waals surface area contributed by atoms with Gasteiger partial charge in [0.1, 0.15) is 22.3 Å². The van der Waals surface area contributed by atoms with Crippen molar-refractivity contribution in [2.45, 2.75) is 15.2 Å². The predicted molar refractivity (Wildman–Crippen MR) is 348 cm³/mol. The van der Waals surface area contributed by atoms with Crippen LogP contribution in [0.5, 0.6) is 0 Å². The van der Waals surface area contributed by atoms with E-state index in [2.05, 4.69) is 313 Å². The fourth-order valence-corrected chi connectivity index (χ4v) is 14.8. The molecule has 1 aliphatic heterocycles. The zero-order valence-electron chi connectivity index (χ0n) is 45.5. The average Bonchev–Trinajstić information content (AvgIpc) is 1.59. The molecule has 0 amide bonds. The SMILES string of the molecule is c1ccc(-c2ccc(N(c3ccccc3)c3cc4c(c5oc6ccccc6c35)-c3c(cc(N(c5ccc(-c6ccccc6)cc5)c5ccc(-c6ccccc6)cc5)c5c3oc3ccccc35)C43c4ccccc4Sc4ccccc43)cc2)cc1. The molecule has 0 radical (unpaired) electrons. The average molecular weight is 1090 g/mol. The molecule has 2 aliphatic rings. The number of hydrogen-bond acceptors (Lipinski definition) is 5. The summed E-state index contributed by atoms with van der Waals surface area (Å²) in [6.07, 6.45) is 0. The lowest BCUT2D eigenvalue weighted by atomic mass is 9.67. The zero-order chi connectivity index (χ0) is 55.3. The maximum absolute atomic E-state index is 7.58. The maximum Gasteiger partial charge on any atom is 0.145 e. The van der Waals surface area contributed by atoms with Crippen molar-refractivity contribution < 1.29 is 8.83 Å². The van der Waals surface area contributed by atoms with Gasteiger partial charge in [0.05, 0.1) is 27.6 Å². The Hall–Kier alpha value is -10.6. The molecular weight excluding hydrogens is 1040 g/mol. The number of furan rings is 2. The van der Waals surface area contributed by atoms with E-state index in [4.69, 9.17) is 8.83 Å². The van der Waals surface area contributed by atoms with Crippen molar-refractivity contribution >= 4 is 89.8 Å². The Balaban J connectivity index is 1.01. The second-order valence-electron chi connectivity index (χ2n) is 21.8. The fraction of sp³-hybridized carbons (Fsp3) is 0.0127. The Morgan fingerprint density at radius 2 is 0.583 bits per heavy atom. The van der Waals surface area contributed by atoms with Gasteiger partial charge in [-0.05, 0) is 141 Å². The van der Waals surface area contributed by atoms with Crippen molar-refractivity contribution in [3.8, 4) is 44.5 Å². The third-order valence-electron chi connectivity index (χ3n) is 17.3. The first-order valence-corrected chi connectivity index (χ1v) is 29.5. The summed E-state index contributed by atoms with van der Waals surface area (Å²) in [7, 11) is 0. The number of anilines is 6. The normalized spacial score (nSPS) is 12.8. The van der Waals surface area contributed by atoms with Crippen LogP contribution in [0.3, 0.4) is 0 Å². The van der Waals surface area contributed by atoms with Crippen molar-refractivity contribution in [3.63, 3.8) is 0 Å². The smallest absolute Gasteiger partial charge is 0.145 e. The molecule has 4 nitrogen and oxygen atoms in total. The summed E-state index contributed by atoms with van der Waals surface area (Å²) in [6.45, 7) is 0. The van der Waals surface area contributed by atoms with Gasteiger partial charge in [-0.3, -0.25) is 0 Å². The standard InChI is InChI=1S/C79H50N2O2S/c1-5-21-51(22-6-1)54-37-43-58(44-38-54)80(57-27-11-4-12-28-57)67-49-65-75(77-73(67)61-29-13-17-33-69(61)82-77)76-66(79(65)63-31-15-19-35-71(63)84-72-36-20-16-32-64(72)79)50-68(74-62-30-14-18-34-70(62)83-78(74)76)81(59-45-39-55(40-46-59)52-23-7-2-8-24-52)60-47-41-56(42-48-60)53-25-9-3-10-26-53/h1-50H. The molecule has 84 heavy (non-hydrogen) atoms. The van der Waals surface area contributed by atoms with Crippen LogP contribution in [0.25, 0.3) is 88.4 Å². The van der Waals surface area contributed by atoms with E-state index in [0.717, 1.165) is 117 Å². The molecule has 1 aliphatic carbocycles. The topological polar surface area (TPSA) is 32.8 Å². The summed E-state index contributed by atoms with van der Waals surface area (Å²) in [5, 5.41) is 4.13. The van der Waals surface area contributed by atoms with Crippen molar-refractivity contribution in [1.82, 2.24) is 0 Å². The van der Waals surface area contributed by atoms with Crippen molar-refractivity contribution in [3.05, 3.63) is 326 Å². The lowest BCUT2D eigenvalue weighted by molar-refractivity contribution is 0.665. The second-order valence-corrected chi connectivity index (χ2v) is 22.9. The molecule has 15 aromatic rings. The second kappa shape index (κ2) is 19.3. The largest absolute Gasteiger partial charge is 0.455 e. The van der Waals surface area contributed by atoms with E-state index in [0.29, 0.717) is 0 Å². The molecule has 394 valence electrons. The summed E-state index contributed by atoms with van der Waals surface area (Å²) in [5.74, 6) is 0. The first kappa shape index (κ1) is 48.1. The molecule has 0 atom stereocenters. The quantitative estimate of drug-likeness (QED) is 0.144. The highest BCUT2D eigenvalue weighted by Crippen LogP contribution is 2.67. The number of benzene rings is 13. The summed E-state index contributed by atoms with van der Waals surface area (Å²) < 4.78 is 15.1. The number of para-hydroxylation sites is 3. The lowest BCUT2D eigenvalue weighted by Gasteiger charge is -2.40. The fourth-order valence-electron chi connectivity index (χ4n) is 13.7. The van der Waals surface area contributed by atoms with Crippen LogP contribution in [0.4, 0.5) is 34.1 Å². The van der Waals surface area contributed by atoms with Crippen LogP contribution in [-0.2, 0) is 5.41 Å². The van der Waals surface area contributed by atoms with E-state index >= 15 is 0 Å². The molecule has 1 spiro atoms. The Kier molecular flexibility index (Phi) is 11.0. The third kappa shape index (κ3) is 7.35. The van der Waals surface area contributed by atoms with Gasteiger partial charge in [0.2, 0.25) is 0 Å². The molecule has 0 unspecified atom stereocenters. The number of fused-ring (bicyclic) bond motifs is 17. The summed E-state index contributed by atoms with van der Waals surface area (Å²) in [6, 6.07) is 110. The van der Waals surface area contributed by atoms with Gasteiger partial charge in [0.25, 0.3) is 0 Å².